The molecule has 0 bridgehead atoms. The van der Waals surface area contributed by atoms with Gasteiger partial charge in [0.25, 0.3) is 0 Å². The molecule has 3 heteroatoms. The molecule has 0 spiro atoms. The monoisotopic (exact) mass is 219 g/mol. The van der Waals surface area contributed by atoms with Crippen LogP contribution in [0.25, 0.3) is 0 Å². The number of carbonyl (C=O) groups excluding carboxylic acids is 1. The number of fused-ring (bicyclic) bond motifs is 1. The number of anilines is 1. The SMILES string of the molecule is CC[C@@H](O)c1ccc2c(c1)C(C)(C)C(=O)N2. The van der Waals surface area contributed by atoms with Crippen LogP contribution in [0.2, 0.25) is 0 Å². The molecule has 1 aliphatic heterocycles. The maximum Gasteiger partial charge on any atom is 0.234 e. The number of amides is 1. The van der Waals surface area contributed by atoms with Crippen LogP contribution in [-0.2, 0) is 10.2 Å². The van der Waals surface area contributed by atoms with E-state index in [9.17, 15) is 9.90 Å². The zero-order valence-corrected chi connectivity index (χ0v) is 9.87. The van der Waals surface area contributed by atoms with Gasteiger partial charge in [0.15, 0.2) is 0 Å². The summed E-state index contributed by atoms with van der Waals surface area (Å²) in [6, 6.07) is 5.67. The lowest BCUT2D eigenvalue weighted by molar-refractivity contribution is -0.119. The molecule has 1 aromatic carbocycles. The average Bonchev–Trinajstić information content (AvgIpc) is 2.49. The van der Waals surface area contributed by atoms with Gasteiger partial charge in [-0.3, -0.25) is 4.79 Å². The second-order valence-electron chi connectivity index (χ2n) is 4.81. The number of rotatable bonds is 2. The topological polar surface area (TPSA) is 49.3 Å². The lowest BCUT2D eigenvalue weighted by Gasteiger charge is -2.17. The molecule has 0 unspecified atom stereocenters. The van der Waals surface area contributed by atoms with Gasteiger partial charge >= 0.3 is 0 Å². The molecule has 16 heavy (non-hydrogen) atoms. The van der Waals surface area contributed by atoms with E-state index >= 15 is 0 Å². The molecule has 0 radical (unpaired) electrons. The van der Waals surface area contributed by atoms with E-state index in [-0.39, 0.29) is 5.91 Å². The largest absolute Gasteiger partial charge is 0.388 e. The molecule has 0 fully saturated rings. The summed E-state index contributed by atoms with van der Waals surface area (Å²) in [5.41, 5.74) is 2.22. The number of hydrogen-bond donors (Lipinski definition) is 2. The van der Waals surface area contributed by atoms with Crippen molar-refractivity contribution in [2.24, 2.45) is 0 Å². The molecule has 1 aliphatic rings. The molecule has 1 aromatic rings. The van der Waals surface area contributed by atoms with Crippen LogP contribution >= 0.6 is 0 Å². The van der Waals surface area contributed by atoms with Crippen LogP contribution < -0.4 is 5.32 Å². The predicted molar refractivity (Wildman–Crippen MR) is 63.3 cm³/mol. The Morgan fingerprint density at radius 3 is 2.75 bits per heavy atom. The van der Waals surface area contributed by atoms with Crippen molar-refractivity contribution in [1.29, 1.82) is 0 Å². The van der Waals surface area contributed by atoms with E-state index in [1.807, 2.05) is 39.0 Å². The van der Waals surface area contributed by atoms with Gasteiger partial charge in [-0.25, -0.2) is 0 Å². The fourth-order valence-corrected chi connectivity index (χ4v) is 2.03. The van der Waals surface area contributed by atoms with Crippen LogP contribution in [-0.4, -0.2) is 11.0 Å². The Balaban J connectivity index is 2.48. The highest BCUT2D eigenvalue weighted by Crippen LogP contribution is 2.38. The van der Waals surface area contributed by atoms with Gasteiger partial charge in [-0.1, -0.05) is 19.1 Å². The van der Waals surface area contributed by atoms with E-state index in [0.717, 1.165) is 16.8 Å². The summed E-state index contributed by atoms with van der Waals surface area (Å²) >= 11 is 0. The van der Waals surface area contributed by atoms with Crippen molar-refractivity contribution < 1.29 is 9.90 Å². The highest BCUT2D eigenvalue weighted by atomic mass is 16.3. The zero-order chi connectivity index (χ0) is 11.9. The maximum absolute atomic E-state index is 11.7. The van der Waals surface area contributed by atoms with Crippen molar-refractivity contribution >= 4 is 11.6 Å². The number of aliphatic hydroxyl groups is 1. The van der Waals surface area contributed by atoms with Gasteiger partial charge in [-0.15, -0.1) is 0 Å². The highest BCUT2D eigenvalue weighted by molar-refractivity contribution is 6.05. The van der Waals surface area contributed by atoms with Crippen molar-refractivity contribution in [3.05, 3.63) is 29.3 Å². The van der Waals surface area contributed by atoms with E-state index in [0.29, 0.717) is 6.42 Å². The first-order chi connectivity index (χ1) is 7.46. The van der Waals surface area contributed by atoms with Gasteiger partial charge in [-0.05, 0) is 37.5 Å². The van der Waals surface area contributed by atoms with Crippen molar-refractivity contribution in [2.75, 3.05) is 5.32 Å². The fourth-order valence-electron chi connectivity index (χ4n) is 2.03. The molecule has 0 saturated carbocycles. The third kappa shape index (κ3) is 1.52. The van der Waals surface area contributed by atoms with Crippen molar-refractivity contribution in [3.8, 4) is 0 Å². The standard InChI is InChI=1S/C13H17NO2/c1-4-11(15)8-5-6-10-9(7-8)13(2,3)12(16)14-10/h5-7,11,15H,4H2,1-3H3,(H,14,16)/t11-/m1/s1. The van der Waals surface area contributed by atoms with E-state index in [1.165, 1.54) is 0 Å². The van der Waals surface area contributed by atoms with Crippen LogP contribution in [0.3, 0.4) is 0 Å². The quantitative estimate of drug-likeness (QED) is 0.802. The molecular formula is C13H17NO2. The summed E-state index contributed by atoms with van der Waals surface area (Å²) in [7, 11) is 0. The third-order valence-corrected chi connectivity index (χ3v) is 3.30. The number of carbonyl (C=O) groups is 1. The molecule has 2 N–H and O–H groups in total. The number of hydrogen-bond acceptors (Lipinski definition) is 2. The molecule has 0 saturated heterocycles. The second kappa shape index (κ2) is 3.59. The first-order valence-corrected chi connectivity index (χ1v) is 5.60. The lowest BCUT2D eigenvalue weighted by atomic mass is 9.85. The van der Waals surface area contributed by atoms with Gasteiger partial charge in [0.1, 0.15) is 0 Å². The molecule has 0 aliphatic carbocycles. The summed E-state index contributed by atoms with van der Waals surface area (Å²) in [5, 5.41) is 12.6. The van der Waals surface area contributed by atoms with Crippen LogP contribution in [0.4, 0.5) is 5.69 Å². The summed E-state index contributed by atoms with van der Waals surface area (Å²) < 4.78 is 0. The van der Waals surface area contributed by atoms with Gasteiger partial charge < -0.3 is 10.4 Å². The van der Waals surface area contributed by atoms with Gasteiger partial charge in [0.05, 0.1) is 11.5 Å². The summed E-state index contributed by atoms with van der Waals surface area (Å²) in [5.74, 6) is 0.0191. The average molecular weight is 219 g/mol. The molecule has 0 aromatic heterocycles. The maximum atomic E-state index is 11.7. The van der Waals surface area contributed by atoms with E-state index in [4.69, 9.17) is 0 Å². The van der Waals surface area contributed by atoms with Gasteiger partial charge in [-0.2, -0.15) is 0 Å². The minimum atomic E-state index is -0.501. The van der Waals surface area contributed by atoms with Crippen molar-refractivity contribution in [1.82, 2.24) is 0 Å². The number of nitrogens with one attached hydrogen (secondary N) is 1. The summed E-state index contributed by atoms with van der Waals surface area (Å²) in [6.45, 7) is 5.74. The Bertz CT molecular complexity index is 438. The van der Waals surface area contributed by atoms with E-state index in [1.54, 1.807) is 0 Å². The smallest absolute Gasteiger partial charge is 0.234 e. The Morgan fingerprint density at radius 1 is 1.44 bits per heavy atom. The number of aliphatic hydroxyl groups excluding tert-OH is 1. The van der Waals surface area contributed by atoms with Crippen LogP contribution in [0.5, 0.6) is 0 Å². The Kier molecular flexibility index (Phi) is 2.50. The molecule has 1 atom stereocenters. The molecule has 1 heterocycles. The Hall–Kier alpha value is -1.35. The zero-order valence-electron chi connectivity index (χ0n) is 9.87. The fraction of sp³-hybridized carbons (Fsp3) is 0.462. The van der Waals surface area contributed by atoms with Crippen LogP contribution in [0.1, 0.15) is 44.4 Å². The minimum Gasteiger partial charge on any atom is -0.388 e. The molecule has 3 nitrogen and oxygen atoms in total. The normalized spacial score (nSPS) is 19.1. The first-order valence-electron chi connectivity index (χ1n) is 5.60. The second-order valence-corrected chi connectivity index (χ2v) is 4.81. The van der Waals surface area contributed by atoms with Crippen LogP contribution in [0, 0.1) is 0 Å². The van der Waals surface area contributed by atoms with Crippen molar-refractivity contribution in [3.63, 3.8) is 0 Å². The third-order valence-electron chi connectivity index (χ3n) is 3.30. The molecule has 1 amide bonds. The Morgan fingerprint density at radius 2 is 2.12 bits per heavy atom. The minimum absolute atomic E-state index is 0.0191. The first kappa shape index (κ1) is 11.1. The van der Waals surface area contributed by atoms with E-state index < -0.39 is 11.5 Å². The van der Waals surface area contributed by atoms with Gasteiger partial charge in [0, 0.05) is 5.69 Å². The van der Waals surface area contributed by atoms with Gasteiger partial charge in [0.2, 0.25) is 5.91 Å². The summed E-state index contributed by atoms with van der Waals surface area (Å²) in [4.78, 5) is 11.7. The highest BCUT2D eigenvalue weighted by Gasteiger charge is 2.38. The van der Waals surface area contributed by atoms with Crippen LogP contribution in [0.15, 0.2) is 18.2 Å². The lowest BCUT2D eigenvalue weighted by Crippen LogP contribution is -2.26. The number of benzene rings is 1. The van der Waals surface area contributed by atoms with E-state index in [2.05, 4.69) is 5.32 Å². The summed E-state index contributed by atoms with van der Waals surface area (Å²) in [6.07, 6.45) is 0.234. The Labute approximate surface area is 95.5 Å². The molecule has 2 rings (SSSR count). The molecular weight excluding hydrogens is 202 g/mol. The predicted octanol–water partition coefficient (Wildman–Crippen LogP) is 2.36. The molecule has 86 valence electrons. The van der Waals surface area contributed by atoms with Crippen molar-refractivity contribution in [2.45, 2.75) is 38.7 Å².